The van der Waals surface area contributed by atoms with Gasteiger partial charge in [-0.2, -0.15) is 0 Å². The van der Waals surface area contributed by atoms with Crippen molar-refractivity contribution in [3.63, 3.8) is 0 Å². The van der Waals surface area contributed by atoms with Crippen LogP contribution in [-0.2, 0) is 14.3 Å². The zero-order valence-corrected chi connectivity index (χ0v) is 11.4. The lowest BCUT2D eigenvalue weighted by molar-refractivity contribution is -0.128. The van der Waals surface area contributed by atoms with E-state index in [2.05, 4.69) is 10.6 Å². The maximum Gasteiger partial charge on any atom is 0.410 e. The molecule has 0 aromatic rings. The minimum Gasteiger partial charge on any atom is -0.475 e. The van der Waals surface area contributed by atoms with Crippen LogP contribution in [0.4, 0.5) is 4.79 Å². The van der Waals surface area contributed by atoms with Crippen LogP contribution < -0.4 is 10.6 Å². The minimum absolute atomic E-state index is 0.268. The lowest BCUT2D eigenvalue weighted by Crippen LogP contribution is -2.60. The first-order valence-electron chi connectivity index (χ1n) is 6.65. The van der Waals surface area contributed by atoms with Gasteiger partial charge < -0.3 is 20.1 Å². The molecule has 1 fully saturated rings. The summed E-state index contributed by atoms with van der Waals surface area (Å²) in [5, 5.41) is 5.82. The van der Waals surface area contributed by atoms with Gasteiger partial charge in [0, 0.05) is 19.6 Å². The van der Waals surface area contributed by atoms with Crippen LogP contribution in [0.15, 0.2) is 24.5 Å². The van der Waals surface area contributed by atoms with Crippen LogP contribution in [0.2, 0.25) is 0 Å². The fourth-order valence-corrected chi connectivity index (χ4v) is 2.07. The molecule has 2 aliphatic heterocycles. The van der Waals surface area contributed by atoms with Crippen LogP contribution in [0.1, 0.15) is 6.92 Å². The number of hydrogen-bond donors (Lipinski definition) is 2. The van der Waals surface area contributed by atoms with Crippen molar-refractivity contribution < 1.29 is 19.1 Å². The van der Waals surface area contributed by atoms with E-state index in [0.717, 1.165) is 0 Å². The molecule has 2 N–H and O–H groups in total. The third-order valence-electron chi connectivity index (χ3n) is 3.03. The Bertz CT molecular complexity index is 422. The highest BCUT2D eigenvalue weighted by Crippen LogP contribution is 2.08. The van der Waals surface area contributed by atoms with Gasteiger partial charge in [0.2, 0.25) is 5.91 Å². The van der Waals surface area contributed by atoms with Gasteiger partial charge in [0.25, 0.3) is 0 Å². The van der Waals surface area contributed by atoms with Gasteiger partial charge in [0.15, 0.2) is 6.23 Å². The van der Waals surface area contributed by atoms with Crippen LogP contribution in [0.25, 0.3) is 0 Å². The molecule has 2 aliphatic rings. The second kappa shape index (κ2) is 6.95. The summed E-state index contributed by atoms with van der Waals surface area (Å²) in [6.45, 7) is 3.51. The quantitative estimate of drug-likeness (QED) is 0.759. The van der Waals surface area contributed by atoms with Crippen LogP contribution in [0.3, 0.4) is 0 Å². The zero-order valence-electron chi connectivity index (χ0n) is 11.4. The zero-order chi connectivity index (χ0) is 14.4. The van der Waals surface area contributed by atoms with Gasteiger partial charge in [-0.1, -0.05) is 6.08 Å². The average molecular weight is 281 g/mol. The molecule has 2 atom stereocenters. The molecule has 20 heavy (non-hydrogen) atoms. The molecule has 2 amide bonds. The smallest absolute Gasteiger partial charge is 0.410 e. The minimum atomic E-state index is -0.592. The standard InChI is InChI=1S/C13H19N3O4/c1-2-19-13(18)16-7-6-14-9-10(16)12(17)15-11-5-3-4-8-20-11/h3-5,8,10-11,14H,2,6-7,9H2,1H3,(H,15,17). The lowest BCUT2D eigenvalue weighted by atomic mass is 10.2. The summed E-state index contributed by atoms with van der Waals surface area (Å²) in [6, 6.07) is -0.592. The predicted molar refractivity (Wildman–Crippen MR) is 71.7 cm³/mol. The molecule has 1 saturated heterocycles. The Morgan fingerprint density at radius 1 is 1.50 bits per heavy atom. The van der Waals surface area contributed by atoms with Gasteiger partial charge in [0.05, 0.1) is 12.9 Å². The Morgan fingerprint density at radius 3 is 3.05 bits per heavy atom. The Kier molecular flexibility index (Phi) is 5.00. The number of rotatable bonds is 3. The number of nitrogens with zero attached hydrogens (tertiary/aromatic N) is 1. The molecule has 0 aromatic heterocycles. The Balaban J connectivity index is 1.96. The monoisotopic (exact) mass is 281 g/mol. The molecule has 0 spiro atoms. The van der Waals surface area contributed by atoms with E-state index in [4.69, 9.17) is 9.47 Å². The molecule has 2 rings (SSSR count). The summed E-state index contributed by atoms with van der Waals surface area (Å²) in [4.78, 5) is 25.5. The third-order valence-corrected chi connectivity index (χ3v) is 3.03. The van der Waals surface area contributed by atoms with E-state index in [1.165, 1.54) is 11.2 Å². The number of piperazine rings is 1. The normalized spacial score (nSPS) is 24.9. The lowest BCUT2D eigenvalue weighted by Gasteiger charge is -2.34. The largest absolute Gasteiger partial charge is 0.475 e. The fraction of sp³-hybridized carbons (Fsp3) is 0.538. The van der Waals surface area contributed by atoms with Crippen molar-refractivity contribution >= 4 is 12.0 Å². The van der Waals surface area contributed by atoms with Crippen molar-refractivity contribution in [1.29, 1.82) is 0 Å². The van der Waals surface area contributed by atoms with Crippen molar-refractivity contribution in [3.05, 3.63) is 24.5 Å². The van der Waals surface area contributed by atoms with Crippen LogP contribution in [-0.4, -0.2) is 55.4 Å². The van der Waals surface area contributed by atoms with Gasteiger partial charge in [-0.25, -0.2) is 4.79 Å². The molecular weight excluding hydrogens is 262 g/mol. The summed E-state index contributed by atoms with van der Waals surface area (Å²) in [6.07, 6.45) is 5.79. The summed E-state index contributed by atoms with van der Waals surface area (Å²) >= 11 is 0. The summed E-state index contributed by atoms with van der Waals surface area (Å²) in [5.41, 5.74) is 0. The van der Waals surface area contributed by atoms with Crippen molar-refractivity contribution in [1.82, 2.24) is 15.5 Å². The average Bonchev–Trinajstić information content (AvgIpc) is 2.48. The molecule has 0 aliphatic carbocycles. The summed E-state index contributed by atoms with van der Waals surface area (Å²) in [5.74, 6) is -0.268. The number of allylic oxidation sites excluding steroid dienone is 2. The van der Waals surface area contributed by atoms with Crippen LogP contribution in [0.5, 0.6) is 0 Å². The molecule has 0 radical (unpaired) electrons. The number of carbonyl (C=O) groups excluding carboxylic acids is 2. The summed E-state index contributed by atoms with van der Waals surface area (Å²) < 4.78 is 10.2. The maximum absolute atomic E-state index is 12.2. The highest BCUT2D eigenvalue weighted by Gasteiger charge is 2.33. The highest BCUT2D eigenvalue weighted by atomic mass is 16.6. The van der Waals surface area contributed by atoms with E-state index in [0.29, 0.717) is 19.6 Å². The molecule has 110 valence electrons. The Hall–Kier alpha value is -2.02. The molecule has 2 unspecified atom stereocenters. The van der Waals surface area contributed by atoms with E-state index in [1.807, 2.05) is 0 Å². The van der Waals surface area contributed by atoms with Crippen molar-refractivity contribution in [3.8, 4) is 0 Å². The van der Waals surface area contributed by atoms with E-state index < -0.39 is 18.4 Å². The third kappa shape index (κ3) is 3.51. The SMILES string of the molecule is CCOC(=O)N1CCNCC1C(=O)NC1C=CC=CO1. The number of amides is 2. The fourth-order valence-electron chi connectivity index (χ4n) is 2.07. The van der Waals surface area contributed by atoms with Crippen LogP contribution in [0, 0.1) is 0 Å². The van der Waals surface area contributed by atoms with Gasteiger partial charge in [0.1, 0.15) is 6.04 Å². The second-order valence-electron chi connectivity index (χ2n) is 4.39. The number of nitrogens with one attached hydrogen (secondary N) is 2. The van der Waals surface area contributed by atoms with Crippen molar-refractivity contribution in [2.75, 3.05) is 26.2 Å². The topological polar surface area (TPSA) is 79.9 Å². The van der Waals surface area contributed by atoms with Crippen LogP contribution >= 0.6 is 0 Å². The molecular formula is C13H19N3O4. The Labute approximate surface area is 117 Å². The number of carbonyl (C=O) groups is 2. The Morgan fingerprint density at radius 2 is 2.35 bits per heavy atom. The summed E-state index contributed by atoms with van der Waals surface area (Å²) in [7, 11) is 0. The van der Waals surface area contributed by atoms with Gasteiger partial charge in [-0.05, 0) is 19.1 Å². The molecule has 7 heteroatoms. The van der Waals surface area contributed by atoms with Gasteiger partial charge >= 0.3 is 6.09 Å². The van der Waals surface area contributed by atoms with Gasteiger partial charge in [-0.15, -0.1) is 0 Å². The van der Waals surface area contributed by atoms with E-state index in [-0.39, 0.29) is 12.5 Å². The molecule has 0 saturated carbocycles. The van der Waals surface area contributed by atoms with Crippen molar-refractivity contribution in [2.24, 2.45) is 0 Å². The van der Waals surface area contributed by atoms with E-state index in [9.17, 15) is 9.59 Å². The van der Waals surface area contributed by atoms with E-state index in [1.54, 1.807) is 25.2 Å². The first-order valence-corrected chi connectivity index (χ1v) is 6.65. The molecule has 0 bridgehead atoms. The molecule has 0 aromatic carbocycles. The molecule has 2 heterocycles. The number of ether oxygens (including phenoxy) is 2. The predicted octanol–water partition coefficient (Wildman–Crippen LogP) is -0.0409. The first-order chi connectivity index (χ1) is 9.72. The van der Waals surface area contributed by atoms with E-state index >= 15 is 0 Å². The first kappa shape index (κ1) is 14.4. The number of hydrogen-bond acceptors (Lipinski definition) is 5. The molecule has 7 nitrogen and oxygen atoms in total. The highest BCUT2D eigenvalue weighted by molar-refractivity contribution is 5.86. The maximum atomic E-state index is 12.2. The second-order valence-corrected chi connectivity index (χ2v) is 4.39. The van der Waals surface area contributed by atoms with Gasteiger partial charge in [-0.3, -0.25) is 9.69 Å². The van der Waals surface area contributed by atoms with Crippen molar-refractivity contribution in [2.45, 2.75) is 19.2 Å².